The average molecular weight is 436 g/mol. The normalized spacial score (nSPS) is 15.8. The second-order valence-corrected chi connectivity index (χ2v) is 7.74. The molecule has 0 saturated carbocycles. The lowest BCUT2D eigenvalue weighted by Crippen LogP contribution is -2.28. The molecule has 6 heteroatoms. The number of halogens is 2. The first kappa shape index (κ1) is 23.5. The van der Waals surface area contributed by atoms with E-state index in [-0.39, 0.29) is 30.7 Å². The van der Waals surface area contributed by atoms with Crippen LogP contribution in [0.5, 0.6) is 0 Å². The molecule has 2 aliphatic heterocycles. The van der Waals surface area contributed by atoms with E-state index in [1.54, 1.807) is 0 Å². The Balaban J connectivity index is 0.00000150. The summed E-state index contributed by atoms with van der Waals surface area (Å²) in [7, 11) is 0. The van der Waals surface area contributed by atoms with Crippen molar-refractivity contribution in [2.24, 2.45) is 5.92 Å². The smallest absolute Gasteiger partial charge is 0.224 e. The third-order valence-corrected chi connectivity index (χ3v) is 5.87. The molecule has 1 saturated heterocycles. The molecule has 0 atom stereocenters. The SMILES string of the molecule is Cl.Cl.O=C(CCC1CCNCC1)Nc1ccccc1CN1CCc2ccccc21. The molecule has 2 N–H and O–H groups in total. The molecule has 1 amide bonds. The molecule has 2 aliphatic rings. The molecule has 2 aromatic rings. The van der Waals surface area contributed by atoms with Gasteiger partial charge >= 0.3 is 0 Å². The van der Waals surface area contributed by atoms with Gasteiger partial charge in [0.1, 0.15) is 0 Å². The van der Waals surface area contributed by atoms with Crippen molar-refractivity contribution in [1.82, 2.24) is 5.32 Å². The lowest BCUT2D eigenvalue weighted by molar-refractivity contribution is -0.116. The van der Waals surface area contributed by atoms with Gasteiger partial charge in [-0.2, -0.15) is 0 Å². The molecular weight excluding hydrogens is 405 g/mol. The number of para-hydroxylation sites is 2. The van der Waals surface area contributed by atoms with Crippen molar-refractivity contribution in [3.05, 3.63) is 59.7 Å². The van der Waals surface area contributed by atoms with Gasteiger partial charge in [0.15, 0.2) is 0 Å². The van der Waals surface area contributed by atoms with Crippen LogP contribution in [-0.4, -0.2) is 25.5 Å². The van der Waals surface area contributed by atoms with Gasteiger partial charge in [0.2, 0.25) is 5.91 Å². The van der Waals surface area contributed by atoms with E-state index in [9.17, 15) is 4.79 Å². The number of benzene rings is 2. The van der Waals surface area contributed by atoms with E-state index < -0.39 is 0 Å². The summed E-state index contributed by atoms with van der Waals surface area (Å²) in [5, 5.41) is 6.55. The van der Waals surface area contributed by atoms with E-state index in [2.05, 4.69) is 51.9 Å². The Morgan fingerprint density at radius 1 is 1.03 bits per heavy atom. The number of piperidine rings is 1. The van der Waals surface area contributed by atoms with E-state index in [0.717, 1.165) is 44.7 Å². The second kappa shape index (κ2) is 11.4. The number of hydrogen-bond donors (Lipinski definition) is 2. The summed E-state index contributed by atoms with van der Waals surface area (Å²) in [6, 6.07) is 16.8. The average Bonchev–Trinajstić information content (AvgIpc) is 3.12. The Morgan fingerprint density at radius 3 is 2.59 bits per heavy atom. The minimum atomic E-state index is 0. The Morgan fingerprint density at radius 2 is 1.76 bits per heavy atom. The van der Waals surface area contributed by atoms with E-state index in [4.69, 9.17) is 0 Å². The number of hydrogen-bond acceptors (Lipinski definition) is 3. The quantitative estimate of drug-likeness (QED) is 0.683. The first-order valence-corrected chi connectivity index (χ1v) is 10.2. The van der Waals surface area contributed by atoms with Crippen LogP contribution in [0, 0.1) is 5.92 Å². The number of fused-ring (bicyclic) bond motifs is 1. The van der Waals surface area contributed by atoms with Crippen LogP contribution in [0.1, 0.15) is 36.8 Å². The molecule has 4 nitrogen and oxygen atoms in total. The van der Waals surface area contributed by atoms with Gasteiger partial charge in [-0.05, 0) is 68.0 Å². The largest absolute Gasteiger partial charge is 0.367 e. The van der Waals surface area contributed by atoms with Crippen LogP contribution < -0.4 is 15.5 Å². The molecular formula is C23H31Cl2N3O. The van der Waals surface area contributed by atoms with Crippen molar-refractivity contribution in [3.63, 3.8) is 0 Å². The predicted molar refractivity (Wildman–Crippen MR) is 126 cm³/mol. The van der Waals surface area contributed by atoms with Gasteiger partial charge in [0.05, 0.1) is 0 Å². The van der Waals surface area contributed by atoms with Crippen LogP contribution in [0.4, 0.5) is 11.4 Å². The van der Waals surface area contributed by atoms with E-state index in [1.165, 1.54) is 29.7 Å². The fraction of sp³-hybridized carbons (Fsp3) is 0.435. The zero-order valence-corrected chi connectivity index (χ0v) is 18.4. The van der Waals surface area contributed by atoms with Gasteiger partial charge in [-0.3, -0.25) is 4.79 Å². The molecule has 4 rings (SSSR count). The van der Waals surface area contributed by atoms with Crippen LogP contribution in [0.25, 0.3) is 0 Å². The molecule has 29 heavy (non-hydrogen) atoms. The molecule has 0 aliphatic carbocycles. The third-order valence-electron chi connectivity index (χ3n) is 5.87. The molecule has 158 valence electrons. The molecule has 0 bridgehead atoms. The van der Waals surface area contributed by atoms with Crippen LogP contribution in [0.2, 0.25) is 0 Å². The first-order valence-electron chi connectivity index (χ1n) is 10.2. The second-order valence-electron chi connectivity index (χ2n) is 7.74. The standard InChI is InChI=1S/C23H29N3O.2ClH/c27-23(10-9-18-11-14-24-15-12-18)25-21-7-3-1-6-20(21)17-26-16-13-19-5-2-4-8-22(19)26;;/h1-8,18,24H,9-17H2,(H,25,27);2*1H. The minimum Gasteiger partial charge on any atom is -0.367 e. The van der Waals surface area contributed by atoms with Gasteiger partial charge in [0.25, 0.3) is 0 Å². The molecule has 0 spiro atoms. The van der Waals surface area contributed by atoms with Gasteiger partial charge in [-0.1, -0.05) is 36.4 Å². The molecule has 1 fully saturated rings. The van der Waals surface area contributed by atoms with Crippen molar-refractivity contribution < 1.29 is 4.79 Å². The number of carbonyl (C=O) groups excluding carboxylic acids is 1. The van der Waals surface area contributed by atoms with Crippen LogP contribution in [-0.2, 0) is 17.8 Å². The zero-order chi connectivity index (χ0) is 18.5. The Labute approximate surface area is 186 Å². The van der Waals surface area contributed by atoms with Gasteiger partial charge < -0.3 is 15.5 Å². The number of amides is 1. The van der Waals surface area contributed by atoms with Crippen molar-refractivity contribution in [2.45, 2.75) is 38.6 Å². The molecule has 0 aromatic heterocycles. The number of rotatable bonds is 6. The maximum absolute atomic E-state index is 12.5. The van der Waals surface area contributed by atoms with Crippen molar-refractivity contribution in [1.29, 1.82) is 0 Å². The van der Waals surface area contributed by atoms with E-state index in [1.807, 2.05) is 12.1 Å². The highest BCUT2D eigenvalue weighted by atomic mass is 35.5. The third kappa shape index (κ3) is 6.11. The molecule has 2 heterocycles. The van der Waals surface area contributed by atoms with Crippen LogP contribution in [0.3, 0.4) is 0 Å². The fourth-order valence-corrected chi connectivity index (χ4v) is 4.27. The fourth-order valence-electron chi connectivity index (χ4n) is 4.27. The zero-order valence-electron chi connectivity index (χ0n) is 16.7. The summed E-state index contributed by atoms with van der Waals surface area (Å²) in [5.74, 6) is 0.830. The van der Waals surface area contributed by atoms with Gasteiger partial charge in [-0.15, -0.1) is 24.8 Å². The van der Waals surface area contributed by atoms with Crippen LogP contribution in [0.15, 0.2) is 48.5 Å². The lowest BCUT2D eigenvalue weighted by Gasteiger charge is -2.23. The number of carbonyl (C=O) groups is 1. The molecule has 0 radical (unpaired) electrons. The highest BCUT2D eigenvalue weighted by molar-refractivity contribution is 5.91. The maximum atomic E-state index is 12.5. The van der Waals surface area contributed by atoms with Crippen molar-refractivity contribution in [2.75, 3.05) is 29.9 Å². The topological polar surface area (TPSA) is 44.4 Å². The molecule has 2 aromatic carbocycles. The summed E-state index contributed by atoms with van der Waals surface area (Å²) < 4.78 is 0. The molecule has 0 unspecified atom stereocenters. The van der Waals surface area contributed by atoms with E-state index >= 15 is 0 Å². The van der Waals surface area contributed by atoms with Gasteiger partial charge in [0, 0.05) is 30.9 Å². The first-order chi connectivity index (χ1) is 13.3. The monoisotopic (exact) mass is 435 g/mol. The van der Waals surface area contributed by atoms with Gasteiger partial charge in [-0.25, -0.2) is 0 Å². The minimum absolute atomic E-state index is 0. The summed E-state index contributed by atoms with van der Waals surface area (Å²) in [5.41, 5.74) is 4.88. The van der Waals surface area contributed by atoms with E-state index in [0.29, 0.717) is 12.3 Å². The maximum Gasteiger partial charge on any atom is 0.224 e. The summed E-state index contributed by atoms with van der Waals surface area (Å²) in [4.78, 5) is 14.9. The summed E-state index contributed by atoms with van der Waals surface area (Å²) in [6.45, 7) is 4.05. The lowest BCUT2D eigenvalue weighted by atomic mass is 9.93. The predicted octanol–water partition coefficient (Wildman–Crippen LogP) is 4.81. The highest BCUT2D eigenvalue weighted by Gasteiger charge is 2.20. The number of nitrogens with one attached hydrogen (secondary N) is 2. The summed E-state index contributed by atoms with van der Waals surface area (Å²) in [6.07, 6.45) is 5.10. The Hall–Kier alpha value is -1.75. The number of nitrogens with zero attached hydrogens (tertiary/aromatic N) is 1. The summed E-state index contributed by atoms with van der Waals surface area (Å²) >= 11 is 0. The van der Waals surface area contributed by atoms with Crippen LogP contribution >= 0.6 is 24.8 Å². The highest BCUT2D eigenvalue weighted by Crippen LogP contribution is 2.30. The Bertz CT molecular complexity index is 793. The Kier molecular flexibility index (Phi) is 9.28. The van der Waals surface area contributed by atoms with Crippen molar-refractivity contribution in [3.8, 4) is 0 Å². The van der Waals surface area contributed by atoms with Crippen molar-refractivity contribution >= 4 is 42.1 Å². The number of anilines is 2.